The number of hydrogen-bond donors (Lipinski definition) is 2. The first kappa shape index (κ1) is 22.2. The van der Waals surface area contributed by atoms with Crippen LogP contribution in [0, 0.1) is 0 Å². The van der Waals surface area contributed by atoms with E-state index in [1.807, 2.05) is 30.5 Å². The maximum absolute atomic E-state index is 13.0. The first-order valence-electron chi connectivity index (χ1n) is 11.0. The van der Waals surface area contributed by atoms with Crippen LogP contribution < -0.4 is 10.6 Å². The lowest BCUT2D eigenvalue weighted by Crippen LogP contribution is -2.60. The zero-order valence-corrected chi connectivity index (χ0v) is 19.2. The van der Waals surface area contributed by atoms with Gasteiger partial charge in [-0.15, -0.1) is 0 Å². The smallest absolute Gasteiger partial charge is 0.255 e. The van der Waals surface area contributed by atoms with Gasteiger partial charge in [0, 0.05) is 60.1 Å². The fourth-order valence-corrected chi connectivity index (χ4v) is 4.06. The van der Waals surface area contributed by atoms with Crippen molar-refractivity contribution in [1.82, 2.24) is 25.5 Å². The van der Waals surface area contributed by atoms with Crippen LogP contribution in [0.3, 0.4) is 0 Å². The SMILES string of the molecule is CC(C)(C)c1cc(C(=O)NC2=CNC(C)(N3CCOCC3)C(c3ccncc3)=C2)ccn1. The van der Waals surface area contributed by atoms with Gasteiger partial charge in [0.1, 0.15) is 5.66 Å². The van der Waals surface area contributed by atoms with Gasteiger partial charge in [-0.1, -0.05) is 20.8 Å². The Morgan fingerprint density at radius 1 is 1.16 bits per heavy atom. The monoisotopic (exact) mass is 433 g/mol. The van der Waals surface area contributed by atoms with Crippen molar-refractivity contribution in [2.75, 3.05) is 26.3 Å². The second-order valence-corrected chi connectivity index (χ2v) is 9.34. The highest BCUT2D eigenvalue weighted by Crippen LogP contribution is 2.34. The van der Waals surface area contributed by atoms with Gasteiger partial charge in [0.2, 0.25) is 0 Å². The minimum atomic E-state index is -0.421. The third-order valence-corrected chi connectivity index (χ3v) is 6.02. The van der Waals surface area contributed by atoms with E-state index in [0.717, 1.165) is 29.9 Å². The number of hydrogen-bond acceptors (Lipinski definition) is 6. The van der Waals surface area contributed by atoms with Gasteiger partial charge < -0.3 is 15.4 Å². The number of carbonyl (C=O) groups is 1. The first-order valence-corrected chi connectivity index (χ1v) is 11.0. The molecule has 168 valence electrons. The molecule has 7 heteroatoms. The van der Waals surface area contributed by atoms with Crippen molar-refractivity contribution in [1.29, 1.82) is 0 Å². The van der Waals surface area contributed by atoms with E-state index in [0.29, 0.717) is 24.5 Å². The lowest BCUT2D eigenvalue weighted by atomic mass is 9.89. The highest BCUT2D eigenvalue weighted by Gasteiger charge is 2.38. The molecule has 2 aromatic rings. The molecule has 0 aromatic carbocycles. The van der Waals surface area contributed by atoms with Gasteiger partial charge in [-0.2, -0.15) is 0 Å². The van der Waals surface area contributed by atoms with Crippen LogP contribution in [0.1, 0.15) is 49.3 Å². The average molecular weight is 434 g/mol. The van der Waals surface area contributed by atoms with Gasteiger partial charge in [-0.25, -0.2) is 0 Å². The van der Waals surface area contributed by atoms with Gasteiger partial charge in [-0.05, 0) is 42.8 Å². The fraction of sp³-hybridized carbons (Fsp3) is 0.400. The van der Waals surface area contributed by atoms with Crippen LogP contribution in [0.25, 0.3) is 5.57 Å². The fourth-order valence-electron chi connectivity index (χ4n) is 4.06. The molecule has 1 unspecified atom stereocenters. The first-order chi connectivity index (χ1) is 15.3. The standard InChI is InChI=1S/C25H31N5O2/c1-24(2,3)22-15-19(7-10-27-22)23(31)29-20-16-21(18-5-8-26-9-6-18)25(4,28-17-20)30-11-13-32-14-12-30/h5-10,15-17,28H,11-14H2,1-4H3,(H,29,31). The summed E-state index contributed by atoms with van der Waals surface area (Å²) >= 11 is 0. The van der Waals surface area contributed by atoms with Gasteiger partial charge in [0.05, 0.1) is 18.9 Å². The average Bonchev–Trinajstić information content (AvgIpc) is 2.81. The molecule has 0 spiro atoms. The molecule has 2 aliphatic heterocycles. The summed E-state index contributed by atoms with van der Waals surface area (Å²) in [6, 6.07) is 7.59. The third kappa shape index (κ3) is 4.59. The summed E-state index contributed by atoms with van der Waals surface area (Å²) < 4.78 is 5.56. The van der Waals surface area contributed by atoms with Crippen molar-refractivity contribution in [2.45, 2.75) is 38.8 Å². The van der Waals surface area contributed by atoms with E-state index in [-0.39, 0.29) is 11.3 Å². The Hall–Kier alpha value is -3.03. The molecule has 1 saturated heterocycles. The maximum atomic E-state index is 13.0. The summed E-state index contributed by atoms with van der Waals surface area (Å²) in [4.78, 5) is 24.0. The van der Waals surface area contributed by atoms with E-state index < -0.39 is 5.66 Å². The molecule has 1 fully saturated rings. The number of allylic oxidation sites excluding steroid dienone is 1. The molecular formula is C25H31N5O2. The Labute approximate surface area is 189 Å². The molecule has 2 aliphatic rings. The summed E-state index contributed by atoms with van der Waals surface area (Å²) in [5.41, 5.74) is 3.76. The minimum absolute atomic E-state index is 0.129. The zero-order chi connectivity index (χ0) is 22.8. The second-order valence-electron chi connectivity index (χ2n) is 9.34. The number of ether oxygens (including phenoxy) is 1. The molecule has 1 amide bonds. The van der Waals surface area contributed by atoms with Crippen molar-refractivity contribution in [3.63, 3.8) is 0 Å². The molecule has 2 aromatic heterocycles. The van der Waals surface area contributed by atoms with Crippen LogP contribution in [-0.2, 0) is 10.2 Å². The summed E-state index contributed by atoms with van der Waals surface area (Å²) in [5.74, 6) is -0.161. The Kier molecular flexibility index (Phi) is 6.13. The summed E-state index contributed by atoms with van der Waals surface area (Å²) in [6.45, 7) is 11.5. The Morgan fingerprint density at radius 3 is 2.56 bits per heavy atom. The van der Waals surface area contributed by atoms with Crippen LogP contribution in [-0.4, -0.2) is 52.7 Å². The molecule has 0 radical (unpaired) electrons. The lowest BCUT2D eigenvalue weighted by molar-refractivity contribution is -0.00395. The Bertz CT molecular complexity index is 1040. The minimum Gasteiger partial charge on any atom is -0.379 e. The van der Waals surface area contributed by atoms with Crippen molar-refractivity contribution < 1.29 is 9.53 Å². The topological polar surface area (TPSA) is 79.4 Å². The highest BCUT2D eigenvalue weighted by atomic mass is 16.5. The van der Waals surface area contributed by atoms with Crippen LogP contribution >= 0.6 is 0 Å². The van der Waals surface area contributed by atoms with Gasteiger partial charge >= 0.3 is 0 Å². The number of dihydropyridines is 1. The predicted octanol–water partition coefficient (Wildman–Crippen LogP) is 3.08. The van der Waals surface area contributed by atoms with E-state index in [4.69, 9.17) is 4.74 Å². The zero-order valence-electron chi connectivity index (χ0n) is 19.2. The van der Waals surface area contributed by atoms with Crippen LogP contribution in [0.15, 0.2) is 60.8 Å². The number of carbonyl (C=O) groups excluding carboxylic acids is 1. The molecule has 0 saturated carbocycles. The Morgan fingerprint density at radius 2 is 1.88 bits per heavy atom. The maximum Gasteiger partial charge on any atom is 0.255 e. The van der Waals surface area contributed by atoms with Crippen molar-refractivity contribution in [3.8, 4) is 0 Å². The lowest BCUT2D eigenvalue weighted by Gasteiger charge is -2.46. The highest BCUT2D eigenvalue weighted by molar-refractivity contribution is 5.96. The van der Waals surface area contributed by atoms with Crippen LogP contribution in [0.4, 0.5) is 0 Å². The molecule has 7 nitrogen and oxygen atoms in total. The molecule has 1 atom stereocenters. The van der Waals surface area contributed by atoms with E-state index in [1.54, 1.807) is 24.7 Å². The van der Waals surface area contributed by atoms with E-state index in [1.165, 1.54) is 0 Å². The van der Waals surface area contributed by atoms with Crippen molar-refractivity contribution in [2.24, 2.45) is 0 Å². The van der Waals surface area contributed by atoms with Gasteiger partial charge in [0.15, 0.2) is 0 Å². The molecule has 4 rings (SSSR count). The van der Waals surface area contributed by atoms with Crippen LogP contribution in [0.2, 0.25) is 0 Å². The predicted molar refractivity (Wildman–Crippen MR) is 125 cm³/mol. The molecular weight excluding hydrogens is 402 g/mol. The number of aromatic nitrogens is 2. The molecule has 0 bridgehead atoms. The number of pyridine rings is 2. The normalized spacial score (nSPS) is 21.9. The Balaban J connectivity index is 1.62. The van der Waals surface area contributed by atoms with Crippen molar-refractivity contribution >= 4 is 11.5 Å². The van der Waals surface area contributed by atoms with Crippen LogP contribution in [0.5, 0.6) is 0 Å². The van der Waals surface area contributed by atoms with Gasteiger partial charge in [0.25, 0.3) is 5.91 Å². The molecule has 0 aliphatic carbocycles. The number of amides is 1. The summed E-state index contributed by atoms with van der Waals surface area (Å²) in [6.07, 6.45) is 9.20. The van der Waals surface area contributed by atoms with E-state index in [9.17, 15) is 4.79 Å². The third-order valence-electron chi connectivity index (χ3n) is 6.02. The van der Waals surface area contributed by atoms with Crippen molar-refractivity contribution in [3.05, 3.63) is 77.6 Å². The quantitative estimate of drug-likeness (QED) is 0.772. The molecule has 32 heavy (non-hydrogen) atoms. The largest absolute Gasteiger partial charge is 0.379 e. The van der Waals surface area contributed by atoms with Gasteiger partial charge in [-0.3, -0.25) is 19.7 Å². The number of rotatable bonds is 4. The van der Waals surface area contributed by atoms with E-state index in [2.05, 4.69) is 53.2 Å². The summed E-state index contributed by atoms with van der Waals surface area (Å²) in [5, 5.41) is 6.60. The second kappa shape index (κ2) is 8.84. The number of nitrogens with one attached hydrogen (secondary N) is 2. The number of morpholine rings is 1. The molecule has 4 heterocycles. The summed E-state index contributed by atoms with van der Waals surface area (Å²) in [7, 11) is 0. The molecule has 2 N–H and O–H groups in total. The van der Waals surface area contributed by atoms with E-state index >= 15 is 0 Å². The number of nitrogens with zero attached hydrogens (tertiary/aromatic N) is 3.